The summed E-state index contributed by atoms with van der Waals surface area (Å²) in [6.45, 7) is -0.558. The van der Waals surface area contributed by atoms with Crippen molar-refractivity contribution >= 4 is 33.2 Å². The molecule has 3 rings (SSSR count). The summed E-state index contributed by atoms with van der Waals surface area (Å²) >= 11 is 6.10. The van der Waals surface area contributed by atoms with E-state index >= 15 is 0 Å². The molecule has 0 unspecified atom stereocenters. The number of nitrogens with one attached hydrogen (secondary N) is 1. The molecular formula is C23H22ClFN2O5S. The molecule has 0 radical (unpaired) electrons. The number of amides is 1. The van der Waals surface area contributed by atoms with Crippen LogP contribution in [0.5, 0.6) is 11.5 Å². The Labute approximate surface area is 196 Å². The third-order valence-corrected chi connectivity index (χ3v) is 6.82. The second kappa shape index (κ2) is 10.7. The van der Waals surface area contributed by atoms with Gasteiger partial charge in [-0.25, -0.2) is 12.8 Å². The fourth-order valence-corrected chi connectivity index (χ4v) is 4.69. The van der Waals surface area contributed by atoms with Crippen LogP contribution in [0, 0.1) is 5.82 Å². The van der Waals surface area contributed by atoms with Gasteiger partial charge in [0, 0.05) is 18.7 Å². The maximum Gasteiger partial charge on any atom is 0.243 e. The number of halogens is 2. The van der Waals surface area contributed by atoms with Gasteiger partial charge in [-0.3, -0.25) is 4.79 Å². The zero-order valence-electron chi connectivity index (χ0n) is 17.9. The van der Waals surface area contributed by atoms with E-state index in [1.165, 1.54) is 26.4 Å². The molecule has 0 atom stereocenters. The maximum absolute atomic E-state index is 13.3. The summed E-state index contributed by atoms with van der Waals surface area (Å²) in [7, 11) is -1.27. The maximum atomic E-state index is 13.3. The summed E-state index contributed by atoms with van der Waals surface area (Å²) in [5.74, 6) is -0.581. The Balaban J connectivity index is 1.90. The van der Waals surface area contributed by atoms with Crippen molar-refractivity contribution < 1.29 is 27.1 Å². The van der Waals surface area contributed by atoms with Gasteiger partial charge in [0.1, 0.15) is 17.3 Å². The lowest BCUT2D eigenvalue weighted by molar-refractivity contribution is -0.116. The largest absolute Gasteiger partial charge is 0.495 e. The second-order valence-electron chi connectivity index (χ2n) is 6.95. The minimum atomic E-state index is -4.11. The molecule has 0 spiro atoms. The summed E-state index contributed by atoms with van der Waals surface area (Å²) in [5, 5.41) is 2.93. The summed E-state index contributed by atoms with van der Waals surface area (Å²) in [5.41, 5.74) is 0.948. The van der Waals surface area contributed by atoms with Gasteiger partial charge in [-0.2, -0.15) is 4.31 Å². The molecule has 0 saturated carbocycles. The molecule has 174 valence electrons. The average molecular weight is 493 g/mol. The van der Waals surface area contributed by atoms with Crippen molar-refractivity contribution in [3.05, 3.63) is 83.1 Å². The highest BCUT2D eigenvalue weighted by molar-refractivity contribution is 7.89. The normalized spacial score (nSPS) is 11.3. The summed E-state index contributed by atoms with van der Waals surface area (Å²) < 4.78 is 51.3. The molecule has 1 N–H and O–H groups in total. The van der Waals surface area contributed by atoms with Crippen LogP contribution in [0.25, 0.3) is 0 Å². The number of anilines is 1. The van der Waals surface area contributed by atoms with E-state index in [4.69, 9.17) is 21.1 Å². The van der Waals surface area contributed by atoms with E-state index in [-0.39, 0.29) is 27.9 Å². The first-order valence-corrected chi connectivity index (χ1v) is 11.6. The lowest BCUT2D eigenvalue weighted by atomic mass is 10.2. The smallest absolute Gasteiger partial charge is 0.243 e. The predicted octanol–water partition coefficient (Wildman–Crippen LogP) is 4.33. The van der Waals surface area contributed by atoms with E-state index in [0.29, 0.717) is 11.3 Å². The van der Waals surface area contributed by atoms with Crippen molar-refractivity contribution in [1.82, 2.24) is 4.31 Å². The monoisotopic (exact) mass is 492 g/mol. The van der Waals surface area contributed by atoms with Crippen LogP contribution >= 0.6 is 11.6 Å². The lowest BCUT2D eigenvalue weighted by Crippen LogP contribution is -2.37. The van der Waals surface area contributed by atoms with Gasteiger partial charge in [0.15, 0.2) is 0 Å². The number of carbonyl (C=O) groups is 1. The van der Waals surface area contributed by atoms with Crippen LogP contribution in [-0.2, 0) is 21.4 Å². The summed E-state index contributed by atoms with van der Waals surface area (Å²) in [6, 6.07) is 16.2. The van der Waals surface area contributed by atoms with E-state index in [0.717, 1.165) is 28.6 Å². The SMILES string of the molecule is COc1cc(NC(=O)CN(Cc2ccccc2)S(=O)(=O)c2ccc(F)cc2)c(OC)cc1Cl. The molecule has 3 aromatic rings. The van der Waals surface area contributed by atoms with Gasteiger partial charge >= 0.3 is 0 Å². The zero-order valence-corrected chi connectivity index (χ0v) is 19.5. The molecule has 33 heavy (non-hydrogen) atoms. The van der Waals surface area contributed by atoms with Crippen LogP contribution in [0.4, 0.5) is 10.1 Å². The van der Waals surface area contributed by atoms with Gasteiger partial charge in [-0.05, 0) is 29.8 Å². The molecule has 0 aliphatic heterocycles. The Hall–Kier alpha value is -3.14. The van der Waals surface area contributed by atoms with Gasteiger partial charge in [-0.1, -0.05) is 41.9 Å². The number of hydrogen-bond acceptors (Lipinski definition) is 5. The molecule has 0 aliphatic rings. The van der Waals surface area contributed by atoms with Gasteiger partial charge in [0.25, 0.3) is 0 Å². The molecule has 1 amide bonds. The van der Waals surface area contributed by atoms with Gasteiger partial charge in [-0.15, -0.1) is 0 Å². The number of benzene rings is 3. The highest BCUT2D eigenvalue weighted by Crippen LogP contribution is 2.36. The van der Waals surface area contributed by atoms with Gasteiger partial charge in [0.05, 0.1) is 36.4 Å². The van der Waals surface area contributed by atoms with Crippen LogP contribution < -0.4 is 14.8 Å². The molecule has 0 bridgehead atoms. The van der Waals surface area contributed by atoms with Crippen molar-refractivity contribution in [2.24, 2.45) is 0 Å². The third kappa shape index (κ3) is 6.01. The summed E-state index contributed by atoms with van der Waals surface area (Å²) in [6.07, 6.45) is 0. The van der Waals surface area contributed by atoms with Crippen molar-refractivity contribution in [3.8, 4) is 11.5 Å². The van der Waals surface area contributed by atoms with Crippen molar-refractivity contribution in [1.29, 1.82) is 0 Å². The molecule has 0 fully saturated rings. The molecule has 0 aromatic heterocycles. The molecule has 0 aliphatic carbocycles. The second-order valence-corrected chi connectivity index (χ2v) is 9.29. The first-order valence-electron chi connectivity index (χ1n) is 9.75. The molecule has 7 nitrogen and oxygen atoms in total. The minimum Gasteiger partial charge on any atom is -0.495 e. The number of carbonyl (C=O) groups excluding carboxylic acids is 1. The van der Waals surface area contributed by atoms with Crippen molar-refractivity contribution in [2.45, 2.75) is 11.4 Å². The van der Waals surface area contributed by atoms with Gasteiger partial charge in [0.2, 0.25) is 15.9 Å². The number of hydrogen-bond donors (Lipinski definition) is 1. The number of rotatable bonds is 9. The Morgan fingerprint density at radius 1 is 1.00 bits per heavy atom. The lowest BCUT2D eigenvalue weighted by Gasteiger charge is -2.22. The molecular weight excluding hydrogens is 471 g/mol. The van der Waals surface area contributed by atoms with Crippen LogP contribution in [0.3, 0.4) is 0 Å². The van der Waals surface area contributed by atoms with Crippen LogP contribution in [-0.4, -0.2) is 39.4 Å². The van der Waals surface area contributed by atoms with Gasteiger partial charge < -0.3 is 14.8 Å². The molecule has 0 heterocycles. The first-order chi connectivity index (χ1) is 15.7. The van der Waals surface area contributed by atoms with E-state index in [9.17, 15) is 17.6 Å². The quantitative estimate of drug-likeness (QED) is 0.480. The number of sulfonamides is 1. The standard InChI is InChI=1S/C23H22ClFN2O5S/c1-31-21-13-20(22(32-2)12-19(21)24)26-23(28)15-27(14-16-6-4-3-5-7-16)33(29,30)18-10-8-17(25)9-11-18/h3-13H,14-15H2,1-2H3,(H,26,28). The van der Waals surface area contributed by atoms with E-state index < -0.39 is 28.3 Å². The Kier molecular flexibility index (Phi) is 7.91. The van der Waals surface area contributed by atoms with Crippen LogP contribution in [0.15, 0.2) is 71.6 Å². The topological polar surface area (TPSA) is 84.9 Å². The van der Waals surface area contributed by atoms with E-state index in [1.807, 2.05) is 0 Å². The number of ether oxygens (including phenoxy) is 2. The van der Waals surface area contributed by atoms with E-state index in [1.54, 1.807) is 30.3 Å². The number of nitrogens with zero attached hydrogens (tertiary/aromatic N) is 1. The van der Waals surface area contributed by atoms with E-state index in [2.05, 4.69) is 5.32 Å². The average Bonchev–Trinajstić information content (AvgIpc) is 2.80. The van der Waals surface area contributed by atoms with Crippen molar-refractivity contribution in [2.75, 3.05) is 26.1 Å². The Morgan fingerprint density at radius 2 is 1.64 bits per heavy atom. The van der Waals surface area contributed by atoms with Crippen molar-refractivity contribution in [3.63, 3.8) is 0 Å². The Bertz CT molecular complexity index is 1220. The first kappa shape index (κ1) is 24.5. The van der Waals surface area contributed by atoms with Crippen LogP contribution in [0.2, 0.25) is 5.02 Å². The molecule has 10 heteroatoms. The highest BCUT2D eigenvalue weighted by atomic mass is 35.5. The Morgan fingerprint density at radius 3 is 2.24 bits per heavy atom. The fourth-order valence-electron chi connectivity index (χ4n) is 3.08. The summed E-state index contributed by atoms with van der Waals surface area (Å²) in [4.78, 5) is 12.8. The fraction of sp³-hybridized carbons (Fsp3) is 0.174. The molecule has 3 aromatic carbocycles. The predicted molar refractivity (Wildman–Crippen MR) is 124 cm³/mol. The highest BCUT2D eigenvalue weighted by Gasteiger charge is 2.27. The zero-order chi connectivity index (χ0) is 24.0. The number of methoxy groups -OCH3 is 2. The molecule has 0 saturated heterocycles. The minimum absolute atomic E-state index is 0.0605. The van der Waals surface area contributed by atoms with Crippen LogP contribution in [0.1, 0.15) is 5.56 Å². The third-order valence-electron chi connectivity index (χ3n) is 4.72.